The van der Waals surface area contributed by atoms with Crippen LogP contribution in [0.2, 0.25) is 0 Å². The van der Waals surface area contributed by atoms with Crippen LogP contribution in [-0.4, -0.2) is 7.11 Å². The molecule has 0 aromatic heterocycles. The number of rotatable bonds is 1. The molecule has 1 nitrogen and oxygen atoms in total. The van der Waals surface area contributed by atoms with Crippen molar-refractivity contribution in [1.29, 1.82) is 0 Å². The number of hydrogen-bond donors (Lipinski definition) is 0. The molecule has 0 fully saturated rings. The lowest BCUT2D eigenvalue weighted by atomic mass is 10.3. The van der Waals surface area contributed by atoms with Crippen LogP contribution in [-0.2, 0) is 0 Å². The number of hydrogen-bond acceptors (Lipinski definition) is 1. The zero-order valence-corrected chi connectivity index (χ0v) is 9.17. The summed E-state index contributed by atoms with van der Waals surface area (Å²) in [5.74, 6) is -1.26. The molecule has 0 amide bonds. The molecule has 1 aromatic rings. The average Bonchev–Trinajstić information content (AvgIpc) is 2.02. The molecule has 1 aromatic carbocycles. The summed E-state index contributed by atoms with van der Waals surface area (Å²) >= 11 is 5.86. The Morgan fingerprint density at radius 1 is 1.17 bits per heavy atom. The number of halogens is 4. The summed E-state index contributed by atoms with van der Waals surface area (Å²) in [5, 5.41) is 0. The largest absolute Gasteiger partial charge is 0.494 e. The monoisotopic (exact) mass is 300 g/mol. The molecule has 0 unspecified atom stereocenters. The van der Waals surface area contributed by atoms with Gasteiger partial charge in [-0.1, -0.05) is 0 Å². The summed E-state index contributed by atoms with van der Waals surface area (Å²) in [6, 6.07) is 0.774. The molecule has 0 bridgehead atoms. The second-order valence-corrected chi connectivity index (χ2v) is 3.59. The fourth-order valence-electron chi connectivity index (χ4n) is 0.730. The molecule has 0 atom stereocenters. The van der Waals surface area contributed by atoms with Crippen molar-refractivity contribution in [3.63, 3.8) is 0 Å². The van der Waals surface area contributed by atoms with Crippen LogP contribution in [0.3, 0.4) is 0 Å². The molecule has 12 heavy (non-hydrogen) atoms. The van der Waals surface area contributed by atoms with Crippen molar-refractivity contribution in [3.05, 3.63) is 26.6 Å². The van der Waals surface area contributed by atoms with Gasteiger partial charge in [0.15, 0.2) is 5.75 Å². The van der Waals surface area contributed by atoms with Gasteiger partial charge in [-0.25, -0.2) is 8.78 Å². The first-order chi connectivity index (χ1) is 5.57. The minimum absolute atomic E-state index is 0.110. The van der Waals surface area contributed by atoms with E-state index >= 15 is 0 Å². The van der Waals surface area contributed by atoms with Crippen LogP contribution in [0.25, 0.3) is 0 Å². The number of methoxy groups -OCH3 is 1. The van der Waals surface area contributed by atoms with Crippen LogP contribution in [0, 0.1) is 11.6 Å². The topological polar surface area (TPSA) is 9.23 Å². The number of ether oxygens (including phenoxy) is 1. The maximum absolute atomic E-state index is 12.8. The van der Waals surface area contributed by atoms with Gasteiger partial charge in [0.1, 0.15) is 11.6 Å². The van der Waals surface area contributed by atoms with E-state index in [4.69, 9.17) is 4.74 Å². The van der Waals surface area contributed by atoms with Gasteiger partial charge in [0.05, 0.1) is 16.1 Å². The SMILES string of the molecule is COc1c(Br)c(F)cc(F)c1Br. The van der Waals surface area contributed by atoms with E-state index in [1.54, 1.807) is 0 Å². The summed E-state index contributed by atoms with van der Waals surface area (Å²) in [5.41, 5.74) is 0. The summed E-state index contributed by atoms with van der Waals surface area (Å²) < 4.78 is 30.6. The van der Waals surface area contributed by atoms with Crippen molar-refractivity contribution in [1.82, 2.24) is 0 Å². The molecule has 0 aliphatic carbocycles. The van der Waals surface area contributed by atoms with Gasteiger partial charge in [-0.05, 0) is 31.9 Å². The third-order valence-electron chi connectivity index (χ3n) is 1.28. The fourth-order valence-corrected chi connectivity index (χ4v) is 1.95. The maximum atomic E-state index is 12.8. The molecule has 0 heterocycles. The van der Waals surface area contributed by atoms with Gasteiger partial charge in [0.25, 0.3) is 0 Å². The van der Waals surface area contributed by atoms with Crippen molar-refractivity contribution in [2.24, 2.45) is 0 Å². The highest BCUT2D eigenvalue weighted by Crippen LogP contribution is 2.36. The second kappa shape index (κ2) is 3.70. The Morgan fingerprint density at radius 3 is 1.92 bits per heavy atom. The smallest absolute Gasteiger partial charge is 0.153 e. The van der Waals surface area contributed by atoms with Gasteiger partial charge in [0, 0.05) is 6.07 Å². The Kier molecular flexibility index (Phi) is 3.06. The molecule has 66 valence electrons. The van der Waals surface area contributed by atoms with Crippen molar-refractivity contribution in [2.45, 2.75) is 0 Å². The van der Waals surface area contributed by atoms with Crippen LogP contribution in [0.1, 0.15) is 0 Å². The molecule has 0 aliphatic rings. The lowest BCUT2D eigenvalue weighted by Crippen LogP contribution is -1.92. The summed E-state index contributed by atoms with van der Waals surface area (Å²) in [6.45, 7) is 0. The molecular weight excluding hydrogens is 298 g/mol. The van der Waals surface area contributed by atoms with Gasteiger partial charge in [-0.15, -0.1) is 0 Å². The van der Waals surface area contributed by atoms with Crippen molar-refractivity contribution in [2.75, 3.05) is 7.11 Å². The Balaban J connectivity index is 3.42. The third kappa shape index (κ3) is 1.61. The minimum atomic E-state index is -0.687. The molecule has 1 rings (SSSR count). The lowest BCUT2D eigenvalue weighted by Gasteiger charge is -2.06. The Labute approximate surface area is 85.0 Å². The summed E-state index contributed by atoms with van der Waals surface area (Å²) in [6.07, 6.45) is 0. The Bertz CT molecular complexity index is 289. The summed E-state index contributed by atoms with van der Waals surface area (Å²) in [4.78, 5) is 0. The Hall–Kier alpha value is -0.160. The quantitative estimate of drug-likeness (QED) is 0.722. The predicted molar refractivity (Wildman–Crippen MR) is 48.3 cm³/mol. The maximum Gasteiger partial charge on any atom is 0.153 e. The van der Waals surface area contributed by atoms with Crippen LogP contribution in [0.4, 0.5) is 8.78 Å². The molecule has 0 saturated heterocycles. The molecular formula is C7H4Br2F2O. The van der Waals surface area contributed by atoms with Gasteiger partial charge >= 0.3 is 0 Å². The highest BCUT2D eigenvalue weighted by Gasteiger charge is 2.15. The number of benzene rings is 1. The van der Waals surface area contributed by atoms with E-state index in [9.17, 15) is 8.78 Å². The minimum Gasteiger partial charge on any atom is -0.494 e. The van der Waals surface area contributed by atoms with E-state index in [1.165, 1.54) is 7.11 Å². The predicted octanol–water partition coefficient (Wildman–Crippen LogP) is 3.50. The third-order valence-corrected chi connectivity index (χ3v) is 2.75. The van der Waals surface area contributed by atoms with E-state index < -0.39 is 11.6 Å². The molecule has 0 spiro atoms. The molecule has 5 heteroatoms. The fraction of sp³-hybridized carbons (Fsp3) is 0.143. The van der Waals surface area contributed by atoms with E-state index in [-0.39, 0.29) is 14.7 Å². The van der Waals surface area contributed by atoms with Crippen LogP contribution in [0.5, 0.6) is 5.75 Å². The van der Waals surface area contributed by atoms with Crippen molar-refractivity contribution < 1.29 is 13.5 Å². The zero-order chi connectivity index (χ0) is 9.30. The first-order valence-electron chi connectivity index (χ1n) is 2.95. The highest BCUT2D eigenvalue weighted by atomic mass is 79.9. The second-order valence-electron chi connectivity index (χ2n) is 2.00. The molecule has 0 aliphatic heterocycles. The van der Waals surface area contributed by atoms with Crippen LogP contribution < -0.4 is 4.74 Å². The van der Waals surface area contributed by atoms with Crippen molar-refractivity contribution >= 4 is 31.9 Å². The van der Waals surface area contributed by atoms with E-state index in [0.29, 0.717) is 0 Å². The van der Waals surface area contributed by atoms with Gasteiger partial charge in [-0.2, -0.15) is 0 Å². The first-order valence-corrected chi connectivity index (χ1v) is 4.53. The molecule has 0 N–H and O–H groups in total. The van der Waals surface area contributed by atoms with Crippen molar-refractivity contribution in [3.8, 4) is 5.75 Å². The standard InChI is InChI=1S/C7H4Br2F2O/c1-12-7-5(8)3(10)2-4(11)6(7)9/h2H,1H3. The lowest BCUT2D eigenvalue weighted by molar-refractivity contribution is 0.399. The van der Waals surface area contributed by atoms with Gasteiger partial charge in [-0.3, -0.25) is 0 Å². The van der Waals surface area contributed by atoms with Crippen LogP contribution >= 0.6 is 31.9 Å². The highest BCUT2D eigenvalue weighted by molar-refractivity contribution is 9.11. The molecule has 0 radical (unpaired) electrons. The normalized spacial score (nSPS) is 10.1. The van der Waals surface area contributed by atoms with Crippen LogP contribution in [0.15, 0.2) is 15.0 Å². The van der Waals surface area contributed by atoms with E-state index in [2.05, 4.69) is 31.9 Å². The van der Waals surface area contributed by atoms with Gasteiger partial charge in [0.2, 0.25) is 0 Å². The van der Waals surface area contributed by atoms with Gasteiger partial charge < -0.3 is 4.74 Å². The molecule has 0 saturated carbocycles. The average molecular weight is 302 g/mol. The Morgan fingerprint density at radius 2 is 1.58 bits per heavy atom. The van der Waals surface area contributed by atoms with E-state index in [1.807, 2.05) is 0 Å². The summed E-state index contributed by atoms with van der Waals surface area (Å²) in [7, 11) is 1.34. The first kappa shape index (κ1) is 9.92. The van der Waals surface area contributed by atoms with E-state index in [0.717, 1.165) is 6.07 Å². The zero-order valence-electron chi connectivity index (χ0n) is 6.00.